The van der Waals surface area contributed by atoms with E-state index in [9.17, 15) is 0 Å². The summed E-state index contributed by atoms with van der Waals surface area (Å²) in [7, 11) is 0. The van der Waals surface area contributed by atoms with Crippen molar-refractivity contribution in [3.8, 4) is 11.4 Å². The second-order valence-corrected chi connectivity index (χ2v) is 5.11. The van der Waals surface area contributed by atoms with E-state index in [4.69, 9.17) is 16.1 Å². The molecule has 1 aliphatic rings. The average Bonchev–Trinajstić information content (AvgIpc) is 2.75. The maximum atomic E-state index is 5.95. The largest absolute Gasteiger partial charge is 0.339 e. The normalized spacial score (nSPS) is 17.4. The van der Waals surface area contributed by atoms with Crippen molar-refractivity contribution in [3.05, 3.63) is 35.2 Å². The number of hydrogen-bond donors (Lipinski definition) is 1. The highest BCUT2D eigenvalue weighted by Gasteiger charge is 2.28. The molecule has 0 bridgehead atoms. The van der Waals surface area contributed by atoms with Gasteiger partial charge in [0.05, 0.1) is 0 Å². The molecule has 1 N–H and O–H groups in total. The van der Waals surface area contributed by atoms with Gasteiger partial charge in [-0.2, -0.15) is 4.98 Å². The van der Waals surface area contributed by atoms with Crippen LogP contribution in [0.25, 0.3) is 11.4 Å². The third-order valence-electron chi connectivity index (χ3n) is 3.43. The number of nitrogens with one attached hydrogen (secondary N) is 1. The summed E-state index contributed by atoms with van der Waals surface area (Å²) in [6.45, 7) is 4.17. The van der Waals surface area contributed by atoms with Gasteiger partial charge >= 0.3 is 0 Å². The standard InChI is InChI=1S/C13H14ClN3O/c1-8(10-6-15-7-10)13-16-12(17-18-13)9-3-2-4-11(14)5-9/h2-5,8,10,15H,6-7H2,1H3. The van der Waals surface area contributed by atoms with Crippen LogP contribution in [0.2, 0.25) is 5.02 Å². The lowest BCUT2D eigenvalue weighted by Gasteiger charge is -2.30. The molecule has 0 saturated carbocycles. The van der Waals surface area contributed by atoms with Crippen LogP contribution in [0.1, 0.15) is 18.7 Å². The van der Waals surface area contributed by atoms with Crippen LogP contribution in [0.4, 0.5) is 0 Å². The van der Waals surface area contributed by atoms with E-state index in [2.05, 4.69) is 22.4 Å². The Morgan fingerprint density at radius 1 is 1.44 bits per heavy atom. The first-order chi connectivity index (χ1) is 8.74. The highest BCUT2D eigenvalue weighted by Crippen LogP contribution is 2.28. The molecule has 0 aliphatic carbocycles. The van der Waals surface area contributed by atoms with Crippen LogP contribution >= 0.6 is 11.6 Å². The second kappa shape index (κ2) is 4.71. The van der Waals surface area contributed by atoms with Crippen molar-refractivity contribution in [3.63, 3.8) is 0 Å². The third kappa shape index (κ3) is 2.13. The Bertz CT molecular complexity index is 551. The Hall–Kier alpha value is -1.39. The van der Waals surface area contributed by atoms with Crippen molar-refractivity contribution in [2.24, 2.45) is 5.92 Å². The molecule has 0 amide bonds. The number of halogens is 1. The van der Waals surface area contributed by atoms with Crippen LogP contribution in [0.5, 0.6) is 0 Å². The molecule has 94 valence electrons. The zero-order valence-corrected chi connectivity index (χ0v) is 10.8. The van der Waals surface area contributed by atoms with Gasteiger partial charge in [0.2, 0.25) is 11.7 Å². The number of rotatable bonds is 3. The van der Waals surface area contributed by atoms with Gasteiger partial charge in [0.15, 0.2) is 0 Å². The van der Waals surface area contributed by atoms with Crippen molar-refractivity contribution in [1.29, 1.82) is 0 Å². The summed E-state index contributed by atoms with van der Waals surface area (Å²) in [5.74, 6) is 2.20. The number of benzene rings is 1. The molecule has 3 rings (SSSR count). The molecule has 5 heteroatoms. The summed E-state index contributed by atoms with van der Waals surface area (Å²) in [4.78, 5) is 4.46. The second-order valence-electron chi connectivity index (χ2n) is 4.67. The molecule has 1 aliphatic heterocycles. The highest BCUT2D eigenvalue weighted by molar-refractivity contribution is 6.30. The molecule has 2 heterocycles. The summed E-state index contributed by atoms with van der Waals surface area (Å²) in [5.41, 5.74) is 0.886. The fraction of sp³-hybridized carbons (Fsp3) is 0.385. The number of nitrogens with zero attached hydrogens (tertiary/aromatic N) is 2. The van der Waals surface area contributed by atoms with E-state index in [0.717, 1.165) is 18.7 Å². The Balaban J connectivity index is 1.84. The molecular formula is C13H14ClN3O. The van der Waals surface area contributed by atoms with Crippen molar-refractivity contribution >= 4 is 11.6 Å². The lowest BCUT2D eigenvalue weighted by molar-refractivity contribution is 0.252. The van der Waals surface area contributed by atoms with Gasteiger partial charge in [-0.05, 0) is 31.1 Å². The first kappa shape index (κ1) is 11.7. The Morgan fingerprint density at radius 2 is 2.28 bits per heavy atom. The molecule has 1 atom stereocenters. The molecule has 1 aromatic heterocycles. The summed E-state index contributed by atoms with van der Waals surface area (Å²) >= 11 is 5.95. The van der Waals surface area contributed by atoms with E-state index in [0.29, 0.717) is 28.6 Å². The molecule has 0 radical (unpaired) electrons. The Kier molecular flexibility index (Phi) is 3.06. The monoisotopic (exact) mass is 263 g/mol. The number of hydrogen-bond acceptors (Lipinski definition) is 4. The zero-order chi connectivity index (χ0) is 12.5. The third-order valence-corrected chi connectivity index (χ3v) is 3.67. The summed E-state index contributed by atoms with van der Waals surface area (Å²) in [6, 6.07) is 7.48. The van der Waals surface area contributed by atoms with E-state index in [1.165, 1.54) is 0 Å². The first-order valence-corrected chi connectivity index (χ1v) is 6.42. The maximum Gasteiger partial charge on any atom is 0.230 e. The van der Waals surface area contributed by atoms with Gasteiger partial charge in [-0.25, -0.2) is 0 Å². The fourth-order valence-electron chi connectivity index (χ4n) is 2.03. The summed E-state index contributed by atoms with van der Waals surface area (Å²) in [6.07, 6.45) is 0. The van der Waals surface area contributed by atoms with Crippen LogP contribution in [-0.2, 0) is 0 Å². The van der Waals surface area contributed by atoms with Crippen LogP contribution in [0, 0.1) is 5.92 Å². The van der Waals surface area contributed by atoms with Gasteiger partial charge in [0.1, 0.15) is 0 Å². The molecule has 2 aromatic rings. The Labute approximate surface area is 110 Å². The molecule has 4 nitrogen and oxygen atoms in total. The minimum Gasteiger partial charge on any atom is -0.339 e. The van der Waals surface area contributed by atoms with E-state index in [-0.39, 0.29) is 0 Å². The van der Waals surface area contributed by atoms with Crippen molar-refractivity contribution in [2.45, 2.75) is 12.8 Å². The van der Waals surface area contributed by atoms with E-state index < -0.39 is 0 Å². The minimum atomic E-state index is 0.298. The van der Waals surface area contributed by atoms with E-state index >= 15 is 0 Å². The molecule has 0 spiro atoms. The van der Waals surface area contributed by atoms with Gasteiger partial charge in [-0.3, -0.25) is 0 Å². The molecule has 18 heavy (non-hydrogen) atoms. The lowest BCUT2D eigenvalue weighted by Crippen LogP contribution is -2.44. The predicted octanol–water partition coefficient (Wildman–Crippen LogP) is 2.71. The molecule has 1 aromatic carbocycles. The van der Waals surface area contributed by atoms with E-state index in [1.807, 2.05) is 24.3 Å². The minimum absolute atomic E-state index is 0.298. The summed E-state index contributed by atoms with van der Waals surface area (Å²) < 4.78 is 5.35. The topological polar surface area (TPSA) is 51.0 Å². The predicted molar refractivity (Wildman–Crippen MR) is 69.5 cm³/mol. The highest BCUT2D eigenvalue weighted by atomic mass is 35.5. The molecular weight excluding hydrogens is 250 g/mol. The lowest BCUT2D eigenvalue weighted by atomic mass is 9.89. The van der Waals surface area contributed by atoms with Gasteiger partial charge in [0.25, 0.3) is 0 Å². The summed E-state index contributed by atoms with van der Waals surface area (Å²) in [5, 5.41) is 7.95. The van der Waals surface area contributed by atoms with Crippen LogP contribution in [-0.4, -0.2) is 23.2 Å². The van der Waals surface area contributed by atoms with Crippen molar-refractivity contribution in [1.82, 2.24) is 15.5 Å². The van der Waals surface area contributed by atoms with Gasteiger partial charge < -0.3 is 9.84 Å². The van der Waals surface area contributed by atoms with Crippen LogP contribution in [0.3, 0.4) is 0 Å². The number of aromatic nitrogens is 2. The zero-order valence-electron chi connectivity index (χ0n) is 10.1. The van der Waals surface area contributed by atoms with Gasteiger partial charge in [-0.15, -0.1) is 0 Å². The first-order valence-electron chi connectivity index (χ1n) is 6.04. The quantitative estimate of drug-likeness (QED) is 0.925. The fourth-order valence-corrected chi connectivity index (χ4v) is 2.22. The van der Waals surface area contributed by atoms with E-state index in [1.54, 1.807) is 0 Å². The molecule has 1 saturated heterocycles. The SMILES string of the molecule is CC(c1nc(-c2cccc(Cl)c2)no1)C1CNC1. The van der Waals surface area contributed by atoms with Crippen LogP contribution < -0.4 is 5.32 Å². The smallest absolute Gasteiger partial charge is 0.230 e. The van der Waals surface area contributed by atoms with Crippen molar-refractivity contribution < 1.29 is 4.52 Å². The maximum absolute atomic E-state index is 5.95. The van der Waals surface area contributed by atoms with Crippen LogP contribution in [0.15, 0.2) is 28.8 Å². The van der Waals surface area contributed by atoms with Gasteiger partial charge in [0, 0.05) is 16.5 Å². The Morgan fingerprint density at radius 3 is 2.94 bits per heavy atom. The van der Waals surface area contributed by atoms with Crippen molar-refractivity contribution in [2.75, 3.05) is 13.1 Å². The molecule has 1 fully saturated rings. The average molecular weight is 264 g/mol. The van der Waals surface area contributed by atoms with Gasteiger partial charge in [-0.1, -0.05) is 35.8 Å². The molecule has 1 unspecified atom stereocenters.